The summed E-state index contributed by atoms with van der Waals surface area (Å²) in [5, 5.41) is 9.21. The number of carbonyl (C=O) groups is 1. The Hall–Kier alpha value is -3.46. The minimum Gasteiger partial charge on any atom is -0.311 e. The van der Waals surface area contributed by atoms with Crippen molar-refractivity contribution in [3.8, 4) is 0 Å². The van der Waals surface area contributed by atoms with Crippen LogP contribution in [-0.2, 0) is 24.7 Å². The third-order valence-electron chi connectivity index (χ3n) is 6.04. The number of hydrogen-bond donors (Lipinski definition) is 0. The third-order valence-corrected chi connectivity index (χ3v) is 7.05. The number of hydrogen-bond acceptors (Lipinski definition) is 6. The topological polar surface area (TPSA) is 85.4 Å². The van der Waals surface area contributed by atoms with Gasteiger partial charge in [0, 0.05) is 43.2 Å². The van der Waals surface area contributed by atoms with Gasteiger partial charge in [-0.1, -0.05) is 36.0 Å². The Kier molecular flexibility index (Phi) is 5.49. The van der Waals surface area contributed by atoms with Gasteiger partial charge in [0.2, 0.25) is 5.91 Å². The van der Waals surface area contributed by atoms with E-state index < -0.39 is 0 Å². The van der Waals surface area contributed by atoms with E-state index in [2.05, 4.69) is 21.2 Å². The first-order valence-electron chi connectivity index (χ1n) is 10.8. The molecule has 8 nitrogen and oxygen atoms in total. The van der Waals surface area contributed by atoms with Crippen molar-refractivity contribution < 1.29 is 4.79 Å². The Morgan fingerprint density at radius 2 is 1.94 bits per heavy atom. The van der Waals surface area contributed by atoms with Gasteiger partial charge >= 0.3 is 0 Å². The molecule has 5 rings (SSSR count). The van der Waals surface area contributed by atoms with Crippen LogP contribution in [0, 0.1) is 13.8 Å². The molecule has 4 aromatic rings. The molecule has 0 spiro atoms. The molecular weight excluding hydrogens is 436 g/mol. The zero-order chi connectivity index (χ0) is 23.1. The van der Waals surface area contributed by atoms with E-state index in [0.29, 0.717) is 40.9 Å². The number of anilines is 1. The lowest BCUT2D eigenvalue weighted by Gasteiger charge is -2.16. The Morgan fingerprint density at radius 1 is 1.12 bits per heavy atom. The summed E-state index contributed by atoms with van der Waals surface area (Å²) < 4.78 is 3.43. The molecular formula is C24H24N6O2S. The Morgan fingerprint density at radius 3 is 2.79 bits per heavy atom. The number of para-hydroxylation sites is 1. The number of nitrogens with zero attached hydrogens (tertiary/aromatic N) is 6. The number of benzene rings is 1. The molecule has 0 unspecified atom stereocenters. The van der Waals surface area contributed by atoms with Gasteiger partial charge in [-0.25, -0.2) is 4.98 Å². The fraction of sp³-hybridized carbons (Fsp3) is 0.292. The van der Waals surface area contributed by atoms with Crippen LogP contribution in [-0.4, -0.2) is 42.4 Å². The predicted molar refractivity (Wildman–Crippen MR) is 128 cm³/mol. The Balaban J connectivity index is 1.33. The summed E-state index contributed by atoms with van der Waals surface area (Å²) >= 11 is 1.36. The molecule has 3 aromatic heterocycles. The molecule has 1 aliphatic heterocycles. The number of thioether (sulfide) groups is 1. The standard InChI is InChI=1S/C24H24N6O2S/c1-15-8-9-20-25-16(2)18(23(32)30(20)13-15)12-21-26-27-24(28(21)3)33-14-22(31)29-11-10-17-6-4-5-7-19(17)29/h4-9,13H,10-12,14H2,1-3H3. The largest absolute Gasteiger partial charge is 0.311 e. The first-order valence-corrected chi connectivity index (χ1v) is 11.8. The van der Waals surface area contributed by atoms with Crippen LogP contribution in [0.1, 0.15) is 28.2 Å². The molecule has 1 amide bonds. The van der Waals surface area contributed by atoms with Gasteiger partial charge in [-0.3, -0.25) is 14.0 Å². The zero-order valence-corrected chi connectivity index (χ0v) is 19.6. The monoisotopic (exact) mass is 460 g/mol. The third kappa shape index (κ3) is 3.93. The SMILES string of the molecule is Cc1ccc2nc(C)c(Cc3nnc(SCC(=O)N4CCc5ccccc54)n3C)c(=O)n2c1. The van der Waals surface area contributed by atoms with Gasteiger partial charge in [-0.05, 0) is 43.5 Å². The first kappa shape index (κ1) is 21.4. The van der Waals surface area contributed by atoms with Crippen LogP contribution in [0.2, 0.25) is 0 Å². The molecule has 0 fully saturated rings. The molecule has 168 valence electrons. The molecule has 9 heteroatoms. The number of rotatable bonds is 5. The van der Waals surface area contributed by atoms with Crippen LogP contribution in [0.3, 0.4) is 0 Å². The Bertz CT molecular complexity index is 1440. The molecule has 0 aliphatic carbocycles. The number of carbonyl (C=O) groups excluding carboxylic acids is 1. The van der Waals surface area contributed by atoms with Gasteiger partial charge in [0.05, 0.1) is 5.75 Å². The van der Waals surface area contributed by atoms with Crippen LogP contribution in [0.25, 0.3) is 5.65 Å². The normalized spacial score (nSPS) is 13.0. The highest BCUT2D eigenvalue weighted by molar-refractivity contribution is 7.99. The van der Waals surface area contributed by atoms with E-state index in [1.807, 2.05) is 60.7 Å². The molecule has 1 aromatic carbocycles. The molecule has 0 bridgehead atoms. The zero-order valence-electron chi connectivity index (χ0n) is 18.8. The van der Waals surface area contributed by atoms with Crippen molar-refractivity contribution in [3.63, 3.8) is 0 Å². The lowest BCUT2D eigenvalue weighted by molar-refractivity contribution is -0.116. The highest BCUT2D eigenvalue weighted by Crippen LogP contribution is 2.28. The van der Waals surface area contributed by atoms with Crippen LogP contribution < -0.4 is 10.5 Å². The van der Waals surface area contributed by atoms with Crippen molar-refractivity contribution in [3.05, 3.63) is 81.2 Å². The highest BCUT2D eigenvalue weighted by Gasteiger charge is 2.25. The lowest BCUT2D eigenvalue weighted by Crippen LogP contribution is -2.30. The first-order chi connectivity index (χ1) is 15.9. The summed E-state index contributed by atoms with van der Waals surface area (Å²) in [5.74, 6) is 0.988. The molecule has 0 saturated carbocycles. The van der Waals surface area contributed by atoms with Crippen LogP contribution in [0.5, 0.6) is 0 Å². The second-order valence-electron chi connectivity index (χ2n) is 8.26. The summed E-state index contributed by atoms with van der Waals surface area (Å²) in [6.07, 6.45) is 3.01. The van der Waals surface area contributed by atoms with Crippen LogP contribution in [0.15, 0.2) is 52.5 Å². The maximum absolute atomic E-state index is 13.1. The maximum atomic E-state index is 13.1. The molecule has 0 saturated heterocycles. The Labute approximate surface area is 195 Å². The molecule has 33 heavy (non-hydrogen) atoms. The smallest absolute Gasteiger partial charge is 0.261 e. The quantitative estimate of drug-likeness (QED) is 0.426. The van der Waals surface area contributed by atoms with Crippen molar-refractivity contribution in [2.45, 2.75) is 31.8 Å². The van der Waals surface area contributed by atoms with Crippen LogP contribution >= 0.6 is 11.8 Å². The minimum atomic E-state index is -0.0960. The van der Waals surface area contributed by atoms with Crippen molar-refractivity contribution in [2.75, 3.05) is 17.2 Å². The summed E-state index contributed by atoms with van der Waals surface area (Å²) in [7, 11) is 1.86. The molecule has 1 aliphatic rings. The molecule has 0 N–H and O–H groups in total. The van der Waals surface area contributed by atoms with Crippen LogP contribution in [0.4, 0.5) is 5.69 Å². The fourth-order valence-corrected chi connectivity index (χ4v) is 4.99. The van der Waals surface area contributed by atoms with E-state index in [1.165, 1.54) is 17.3 Å². The predicted octanol–water partition coefficient (Wildman–Crippen LogP) is 2.71. The number of amides is 1. The maximum Gasteiger partial charge on any atom is 0.261 e. The fourth-order valence-electron chi connectivity index (χ4n) is 4.18. The van der Waals surface area contributed by atoms with Crippen molar-refractivity contribution in [1.82, 2.24) is 24.1 Å². The van der Waals surface area contributed by atoms with E-state index in [0.717, 1.165) is 17.7 Å². The van der Waals surface area contributed by atoms with Gasteiger partial charge in [0.15, 0.2) is 5.16 Å². The van der Waals surface area contributed by atoms with Gasteiger partial charge in [-0.15, -0.1) is 10.2 Å². The van der Waals surface area contributed by atoms with Gasteiger partial charge in [0.1, 0.15) is 11.5 Å². The lowest BCUT2D eigenvalue weighted by atomic mass is 10.1. The van der Waals surface area contributed by atoms with Gasteiger partial charge < -0.3 is 9.47 Å². The molecule has 0 atom stereocenters. The van der Waals surface area contributed by atoms with Crippen molar-refractivity contribution in [2.24, 2.45) is 7.05 Å². The van der Waals surface area contributed by atoms with Gasteiger partial charge in [-0.2, -0.15) is 0 Å². The van der Waals surface area contributed by atoms with E-state index in [-0.39, 0.29) is 17.2 Å². The number of aryl methyl sites for hydroxylation is 2. The van der Waals surface area contributed by atoms with Gasteiger partial charge in [0.25, 0.3) is 5.56 Å². The second kappa shape index (κ2) is 8.47. The summed E-state index contributed by atoms with van der Waals surface area (Å²) in [6, 6.07) is 11.8. The number of fused-ring (bicyclic) bond motifs is 2. The van der Waals surface area contributed by atoms with E-state index in [1.54, 1.807) is 10.6 Å². The highest BCUT2D eigenvalue weighted by atomic mass is 32.2. The minimum absolute atomic E-state index is 0.0534. The van der Waals surface area contributed by atoms with Crippen molar-refractivity contribution in [1.29, 1.82) is 0 Å². The molecule has 4 heterocycles. The summed E-state index contributed by atoms with van der Waals surface area (Å²) in [6.45, 7) is 4.50. The molecule has 0 radical (unpaired) electrons. The summed E-state index contributed by atoms with van der Waals surface area (Å²) in [4.78, 5) is 32.3. The van der Waals surface area contributed by atoms with E-state index in [9.17, 15) is 9.59 Å². The average molecular weight is 461 g/mol. The number of pyridine rings is 1. The van der Waals surface area contributed by atoms with E-state index in [4.69, 9.17) is 0 Å². The summed E-state index contributed by atoms with van der Waals surface area (Å²) in [5.41, 5.74) is 5.00. The van der Waals surface area contributed by atoms with E-state index >= 15 is 0 Å². The average Bonchev–Trinajstić information content (AvgIpc) is 3.39. The second-order valence-corrected chi connectivity index (χ2v) is 9.21. The number of aromatic nitrogens is 5. The van der Waals surface area contributed by atoms with Crippen molar-refractivity contribution >= 4 is 29.0 Å².